The van der Waals surface area contributed by atoms with Crippen LogP contribution in [0.4, 0.5) is 0 Å². The predicted molar refractivity (Wildman–Crippen MR) is 91.8 cm³/mol. The maximum absolute atomic E-state index is 12.8. The number of allylic oxidation sites excluding steroid dienone is 1. The van der Waals surface area contributed by atoms with E-state index in [4.69, 9.17) is 0 Å². The zero-order valence-corrected chi connectivity index (χ0v) is 14.2. The fourth-order valence-electron chi connectivity index (χ4n) is 4.43. The second kappa shape index (κ2) is 6.12. The largest absolute Gasteiger partial charge is 0.385 e. The highest BCUT2D eigenvalue weighted by Crippen LogP contribution is 2.46. The number of piperidine rings is 1. The molecule has 3 nitrogen and oxygen atoms in total. The van der Waals surface area contributed by atoms with E-state index in [1.807, 2.05) is 44.2 Å². The van der Waals surface area contributed by atoms with E-state index in [1.54, 1.807) is 0 Å². The van der Waals surface area contributed by atoms with Gasteiger partial charge in [0.1, 0.15) is 0 Å². The summed E-state index contributed by atoms with van der Waals surface area (Å²) in [6.45, 7) is 7.90. The number of aliphatic hydroxyl groups is 1. The molecule has 0 saturated carbocycles. The van der Waals surface area contributed by atoms with Crippen LogP contribution >= 0.6 is 0 Å². The summed E-state index contributed by atoms with van der Waals surface area (Å²) >= 11 is 0. The second-order valence-corrected chi connectivity index (χ2v) is 7.50. The summed E-state index contributed by atoms with van der Waals surface area (Å²) in [6.07, 6.45) is 4.06. The maximum Gasteiger partial charge on any atom is 0.226 e. The summed E-state index contributed by atoms with van der Waals surface area (Å²) in [6, 6.07) is 10.3. The van der Waals surface area contributed by atoms with E-state index in [-0.39, 0.29) is 23.9 Å². The van der Waals surface area contributed by atoms with Crippen LogP contribution in [0.2, 0.25) is 0 Å². The van der Waals surface area contributed by atoms with Crippen molar-refractivity contribution in [3.8, 4) is 0 Å². The average molecular weight is 313 g/mol. The van der Waals surface area contributed by atoms with Crippen LogP contribution in [-0.2, 0) is 10.4 Å². The molecule has 2 fully saturated rings. The van der Waals surface area contributed by atoms with E-state index in [2.05, 4.69) is 11.5 Å². The van der Waals surface area contributed by atoms with Gasteiger partial charge in [-0.3, -0.25) is 4.79 Å². The summed E-state index contributed by atoms with van der Waals surface area (Å²) in [5.41, 5.74) is 1.25. The molecule has 2 aliphatic rings. The van der Waals surface area contributed by atoms with Crippen LogP contribution in [0, 0.1) is 5.92 Å². The molecule has 3 rings (SSSR count). The molecule has 1 aromatic carbocycles. The Morgan fingerprint density at radius 3 is 2.39 bits per heavy atom. The minimum Gasteiger partial charge on any atom is -0.385 e. The van der Waals surface area contributed by atoms with Gasteiger partial charge in [0, 0.05) is 30.8 Å². The zero-order valence-electron chi connectivity index (χ0n) is 14.2. The number of hydrogen-bond acceptors (Lipinski definition) is 2. The van der Waals surface area contributed by atoms with Crippen LogP contribution in [0.5, 0.6) is 0 Å². The van der Waals surface area contributed by atoms with Gasteiger partial charge < -0.3 is 10.0 Å². The third-order valence-corrected chi connectivity index (χ3v) is 5.41. The number of nitrogens with zero attached hydrogens (tertiary/aromatic N) is 1. The first kappa shape index (κ1) is 16.3. The molecule has 2 bridgehead atoms. The molecule has 124 valence electrons. The van der Waals surface area contributed by atoms with Gasteiger partial charge in [0.2, 0.25) is 5.91 Å². The second-order valence-electron chi connectivity index (χ2n) is 7.50. The first-order valence-corrected chi connectivity index (χ1v) is 8.65. The van der Waals surface area contributed by atoms with Crippen molar-refractivity contribution in [3.05, 3.63) is 48.0 Å². The van der Waals surface area contributed by atoms with Crippen LogP contribution in [0.25, 0.3) is 0 Å². The van der Waals surface area contributed by atoms with Gasteiger partial charge >= 0.3 is 0 Å². The predicted octanol–water partition coefficient (Wildman–Crippen LogP) is 3.63. The van der Waals surface area contributed by atoms with Crippen LogP contribution in [0.15, 0.2) is 42.5 Å². The smallest absolute Gasteiger partial charge is 0.226 e. The van der Waals surface area contributed by atoms with Gasteiger partial charge in [-0.25, -0.2) is 0 Å². The molecule has 0 aromatic heterocycles. The highest BCUT2D eigenvalue weighted by atomic mass is 16.3. The summed E-state index contributed by atoms with van der Waals surface area (Å²) in [4.78, 5) is 14.9. The van der Waals surface area contributed by atoms with E-state index in [0.717, 1.165) is 30.4 Å². The first-order chi connectivity index (χ1) is 10.9. The number of carbonyl (C=O) groups excluding carboxylic acids is 1. The molecule has 1 N–H and O–H groups in total. The number of fused-ring (bicyclic) bond motifs is 2. The van der Waals surface area contributed by atoms with E-state index < -0.39 is 5.60 Å². The lowest BCUT2D eigenvalue weighted by Crippen LogP contribution is -2.53. The van der Waals surface area contributed by atoms with E-state index >= 15 is 0 Å². The average Bonchev–Trinajstić information content (AvgIpc) is 2.79. The fraction of sp³-hybridized carbons (Fsp3) is 0.550. The van der Waals surface area contributed by atoms with Crippen molar-refractivity contribution in [1.82, 2.24) is 4.90 Å². The first-order valence-electron chi connectivity index (χ1n) is 8.65. The molecule has 0 radical (unpaired) electrons. The maximum atomic E-state index is 12.8. The normalized spacial score (nSPS) is 31.0. The van der Waals surface area contributed by atoms with Crippen molar-refractivity contribution in [2.45, 2.75) is 63.6 Å². The minimum absolute atomic E-state index is 0.0153. The van der Waals surface area contributed by atoms with Gasteiger partial charge in [-0.15, -0.1) is 6.58 Å². The number of carbonyl (C=O) groups is 1. The lowest BCUT2D eigenvalue weighted by Gasteiger charge is -2.45. The summed E-state index contributed by atoms with van der Waals surface area (Å²) < 4.78 is 0. The van der Waals surface area contributed by atoms with Crippen molar-refractivity contribution in [1.29, 1.82) is 0 Å². The van der Waals surface area contributed by atoms with E-state index in [9.17, 15) is 9.90 Å². The van der Waals surface area contributed by atoms with Gasteiger partial charge in [0.05, 0.1) is 5.60 Å². The molecular weight excluding hydrogens is 286 g/mol. The summed E-state index contributed by atoms with van der Waals surface area (Å²) in [5, 5.41) is 11.2. The lowest BCUT2D eigenvalue weighted by atomic mass is 9.80. The molecule has 1 aromatic rings. The lowest BCUT2D eigenvalue weighted by molar-refractivity contribution is -0.145. The molecular formula is C20H27NO2. The monoisotopic (exact) mass is 313 g/mol. The quantitative estimate of drug-likeness (QED) is 0.862. The Bertz CT molecular complexity index is 581. The van der Waals surface area contributed by atoms with Gasteiger partial charge in [0.25, 0.3) is 0 Å². The SMILES string of the molecule is C=C(C)CC(C)C(=O)N1C2CCC1CC(O)(c1ccccc1)C2. The minimum atomic E-state index is -0.790. The summed E-state index contributed by atoms with van der Waals surface area (Å²) in [7, 11) is 0. The van der Waals surface area contributed by atoms with Crippen molar-refractivity contribution < 1.29 is 9.90 Å². The summed E-state index contributed by atoms with van der Waals surface area (Å²) in [5.74, 6) is 0.217. The Balaban J connectivity index is 1.77. The van der Waals surface area contributed by atoms with Gasteiger partial charge in [-0.05, 0) is 31.7 Å². The van der Waals surface area contributed by atoms with Crippen LogP contribution < -0.4 is 0 Å². The number of benzene rings is 1. The Kier molecular flexibility index (Phi) is 4.33. The topological polar surface area (TPSA) is 40.5 Å². The molecule has 23 heavy (non-hydrogen) atoms. The Morgan fingerprint density at radius 2 is 1.87 bits per heavy atom. The van der Waals surface area contributed by atoms with Gasteiger partial charge in [0.15, 0.2) is 0 Å². The molecule has 1 amide bonds. The standard InChI is InChI=1S/C20H27NO2/c1-14(2)11-15(3)19(22)21-17-9-10-18(21)13-20(23,12-17)16-7-5-4-6-8-16/h4-8,15,17-18,23H,1,9-13H2,2-3H3. The number of rotatable bonds is 4. The Hall–Kier alpha value is -1.61. The molecule has 2 aliphatic heterocycles. The highest BCUT2D eigenvalue weighted by Gasteiger charge is 2.50. The number of amides is 1. The third-order valence-electron chi connectivity index (χ3n) is 5.41. The Labute approximate surface area is 139 Å². The van der Waals surface area contributed by atoms with Crippen LogP contribution in [0.1, 0.15) is 51.5 Å². The zero-order chi connectivity index (χ0) is 16.6. The fourth-order valence-corrected chi connectivity index (χ4v) is 4.43. The molecule has 3 heteroatoms. The van der Waals surface area contributed by atoms with E-state index in [1.165, 1.54) is 0 Å². The molecule has 2 heterocycles. The molecule has 3 unspecified atom stereocenters. The van der Waals surface area contributed by atoms with Crippen molar-refractivity contribution in [2.24, 2.45) is 5.92 Å². The van der Waals surface area contributed by atoms with Crippen molar-refractivity contribution >= 4 is 5.91 Å². The molecule has 0 aliphatic carbocycles. The third kappa shape index (κ3) is 3.07. The molecule has 0 spiro atoms. The van der Waals surface area contributed by atoms with Crippen LogP contribution in [0.3, 0.4) is 0 Å². The van der Waals surface area contributed by atoms with Crippen LogP contribution in [-0.4, -0.2) is 28.0 Å². The van der Waals surface area contributed by atoms with Crippen molar-refractivity contribution in [2.75, 3.05) is 0 Å². The molecule has 2 saturated heterocycles. The van der Waals surface area contributed by atoms with E-state index in [0.29, 0.717) is 12.8 Å². The van der Waals surface area contributed by atoms with Gasteiger partial charge in [-0.1, -0.05) is 42.8 Å². The van der Waals surface area contributed by atoms with Crippen molar-refractivity contribution in [3.63, 3.8) is 0 Å². The number of hydrogen-bond donors (Lipinski definition) is 1. The molecule has 3 atom stereocenters. The highest BCUT2D eigenvalue weighted by molar-refractivity contribution is 5.80. The Morgan fingerprint density at radius 1 is 1.30 bits per heavy atom. The van der Waals surface area contributed by atoms with Gasteiger partial charge in [-0.2, -0.15) is 0 Å².